The second-order valence-electron chi connectivity index (χ2n) is 6.77. The number of hydrogen-bond donors (Lipinski definition) is 2. The lowest BCUT2D eigenvalue weighted by molar-refractivity contribution is 0.274. The fourth-order valence-corrected chi connectivity index (χ4v) is 3.74. The molecule has 142 valence electrons. The molecule has 3 rings (SSSR count). The highest BCUT2D eigenvalue weighted by atomic mass is 35.5. The first kappa shape index (κ1) is 19.8. The van der Waals surface area contributed by atoms with E-state index in [0.717, 1.165) is 0 Å². The van der Waals surface area contributed by atoms with Gasteiger partial charge in [-0.25, -0.2) is 9.97 Å². The normalized spacial score (nSPS) is 16.2. The summed E-state index contributed by atoms with van der Waals surface area (Å²) in [7, 11) is 0. The number of aliphatic hydroxyl groups is 1. The van der Waals surface area contributed by atoms with Gasteiger partial charge in [0, 0.05) is 25.2 Å². The van der Waals surface area contributed by atoms with Crippen LogP contribution in [0.15, 0.2) is 18.2 Å². The monoisotopic (exact) mass is 405 g/mol. The molecule has 0 spiro atoms. The fourth-order valence-electron chi connectivity index (χ4n) is 3.35. The zero-order chi connectivity index (χ0) is 19.6. The third-order valence-electron chi connectivity index (χ3n) is 5.13. The molecule has 0 radical (unpaired) electrons. The molecular formula is C19H21Cl2N5O. The lowest BCUT2D eigenvalue weighted by Crippen LogP contribution is -2.44. The average Bonchev–Trinajstić information content (AvgIpc) is 2.70. The molecular weight excluding hydrogens is 385 g/mol. The quantitative estimate of drug-likeness (QED) is 0.808. The first-order valence-electron chi connectivity index (χ1n) is 8.73. The summed E-state index contributed by atoms with van der Waals surface area (Å²) in [6, 6.07) is 7.70. The summed E-state index contributed by atoms with van der Waals surface area (Å²) in [4.78, 5) is 11.4. The summed E-state index contributed by atoms with van der Waals surface area (Å²) in [5, 5.41) is 20.1. The number of piperidine rings is 1. The number of nitrogens with two attached hydrogens (primary N) is 1. The SMILES string of the molecule is Cc1nc(N2CCC(C#N)(CN)CC2)c(CO)nc1-c1cccc(Cl)c1Cl. The topological polar surface area (TPSA) is 99.1 Å². The van der Waals surface area contributed by atoms with Crippen molar-refractivity contribution in [1.29, 1.82) is 5.26 Å². The Morgan fingerprint density at radius 1 is 1.30 bits per heavy atom. The number of nitriles is 1. The molecule has 1 saturated heterocycles. The Balaban J connectivity index is 1.97. The molecule has 1 aliphatic rings. The molecule has 1 fully saturated rings. The summed E-state index contributed by atoms with van der Waals surface area (Å²) >= 11 is 12.5. The molecule has 0 atom stereocenters. The van der Waals surface area contributed by atoms with E-state index in [9.17, 15) is 10.4 Å². The van der Waals surface area contributed by atoms with Crippen LogP contribution in [0.5, 0.6) is 0 Å². The molecule has 0 aliphatic carbocycles. The Kier molecular flexibility index (Phi) is 5.87. The summed E-state index contributed by atoms with van der Waals surface area (Å²) < 4.78 is 0. The molecule has 3 N–H and O–H groups in total. The second kappa shape index (κ2) is 7.99. The van der Waals surface area contributed by atoms with Gasteiger partial charge in [0.2, 0.25) is 0 Å². The number of rotatable bonds is 4. The molecule has 1 aliphatic heterocycles. The van der Waals surface area contributed by atoms with E-state index in [1.165, 1.54) is 0 Å². The van der Waals surface area contributed by atoms with E-state index >= 15 is 0 Å². The van der Waals surface area contributed by atoms with Crippen molar-refractivity contribution in [2.75, 3.05) is 24.5 Å². The van der Waals surface area contributed by atoms with Crippen LogP contribution in [0.1, 0.15) is 24.2 Å². The zero-order valence-electron chi connectivity index (χ0n) is 15.0. The molecule has 0 amide bonds. The first-order valence-corrected chi connectivity index (χ1v) is 9.49. The van der Waals surface area contributed by atoms with Gasteiger partial charge in [-0.2, -0.15) is 5.26 Å². The molecule has 2 heterocycles. The minimum Gasteiger partial charge on any atom is -0.390 e. The van der Waals surface area contributed by atoms with Gasteiger partial charge in [0.1, 0.15) is 5.69 Å². The number of aliphatic hydroxyl groups excluding tert-OH is 1. The number of hydrogen-bond acceptors (Lipinski definition) is 6. The highest BCUT2D eigenvalue weighted by Crippen LogP contribution is 2.36. The summed E-state index contributed by atoms with van der Waals surface area (Å²) in [5.74, 6) is 0.639. The van der Waals surface area contributed by atoms with Crippen LogP contribution in [0.25, 0.3) is 11.3 Å². The lowest BCUT2D eigenvalue weighted by atomic mass is 9.80. The number of halogens is 2. The van der Waals surface area contributed by atoms with Crippen molar-refractivity contribution in [3.8, 4) is 17.3 Å². The number of aromatic nitrogens is 2. The van der Waals surface area contributed by atoms with Gasteiger partial charge < -0.3 is 15.7 Å². The van der Waals surface area contributed by atoms with E-state index in [1.807, 2.05) is 13.0 Å². The Morgan fingerprint density at radius 2 is 2.00 bits per heavy atom. The molecule has 27 heavy (non-hydrogen) atoms. The van der Waals surface area contributed by atoms with Gasteiger partial charge in [-0.05, 0) is 25.8 Å². The van der Waals surface area contributed by atoms with E-state index in [0.29, 0.717) is 71.0 Å². The molecule has 0 unspecified atom stereocenters. The predicted octanol–water partition coefficient (Wildman–Crippen LogP) is 3.32. The average molecular weight is 406 g/mol. The number of aryl methyl sites for hydroxylation is 1. The van der Waals surface area contributed by atoms with Crippen LogP contribution in [0.3, 0.4) is 0 Å². The third-order valence-corrected chi connectivity index (χ3v) is 5.94. The van der Waals surface area contributed by atoms with E-state index in [4.69, 9.17) is 33.9 Å². The van der Waals surface area contributed by atoms with Gasteiger partial charge in [0.25, 0.3) is 0 Å². The van der Waals surface area contributed by atoms with Crippen LogP contribution in [-0.2, 0) is 6.61 Å². The number of nitrogens with zero attached hydrogens (tertiary/aromatic N) is 4. The minimum atomic E-state index is -0.480. The predicted molar refractivity (Wildman–Crippen MR) is 107 cm³/mol. The van der Waals surface area contributed by atoms with Crippen LogP contribution in [0.2, 0.25) is 10.0 Å². The molecule has 1 aromatic carbocycles. The van der Waals surface area contributed by atoms with Crippen molar-refractivity contribution in [2.45, 2.75) is 26.4 Å². The van der Waals surface area contributed by atoms with E-state index in [-0.39, 0.29) is 6.61 Å². The van der Waals surface area contributed by atoms with Gasteiger partial charge in [-0.15, -0.1) is 0 Å². The zero-order valence-corrected chi connectivity index (χ0v) is 16.6. The van der Waals surface area contributed by atoms with Crippen molar-refractivity contribution in [3.63, 3.8) is 0 Å². The summed E-state index contributed by atoms with van der Waals surface area (Å²) in [5.41, 5.74) is 7.76. The lowest BCUT2D eigenvalue weighted by Gasteiger charge is -2.37. The van der Waals surface area contributed by atoms with Crippen molar-refractivity contribution in [3.05, 3.63) is 39.6 Å². The minimum absolute atomic E-state index is 0.245. The standard InChI is InChI=1S/C19H21Cl2N5O/c1-12-17(13-3-2-4-14(20)16(13)21)25-15(9-27)18(24-12)26-7-5-19(10-22,11-23)6-8-26/h2-4,27H,5-10,22H2,1H3. The highest BCUT2D eigenvalue weighted by molar-refractivity contribution is 6.43. The van der Waals surface area contributed by atoms with Gasteiger partial charge in [-0.3, -0.25) is 0 Å². The van der Waals surface area contributed by atoms with Crippen LogP contribution in [0, 0.1) is 23.7 Å². The third kappa shape index (κ3) is 3.74. The smallest absolute Gasteiger partial charge is 0.153 e. The van der Waals surface area contributed by atoms with E-state index in [2.05, 4.69) is 16.0 Å². The molecule has 6 nitrogen and oxygen atoms in total. The highest BCUT2D eigenvalue weighted by Gasteiger charge is 2.34. The summed E-state index contributed by atoms with van der Waals surface area (Å²) in [6.07, 6.45) is 1.32. The largest absolute Gasteiger partial charge is 0.390 e. The molecule has 8 heteroatoms. The fraction of sp³-hybridized carbons (Fsp3) is 0.421. The molecule has 1 aromatic heterocycles. The maximum Gasteiger partial charge on any atom is 0.153 e. The van der Waals surface area contributed by atoms with Crippen molar-refractivity contribution in [1.82, 2.24) is 9.97 Å². The van der Waals surface area contributed by atoms with Crippen molar-refractivity contribution < 1.29 is 5.11 Å². The number of anilines is 1. The Labute approximate surface area is 168 Å². The van der Waals surface area contributed by atoms with Crippen LogP contribution in [-0.4, -0.2) is 34.7 Å². The first-order chi connectivity index (χ1) is 12.9. The van der Waals surface area contributed by atoms with Crippen molar-refractivity contribution >= 4 is 29.0 Å². The molecule has 0 bridgehead atoms. The maximum absolute atomic E-state index is 9.87. The van der Waals surface area contributed by atoms with Crippen molar-refractivity contribution in [2.24, 2.45) is 11.1 Å². The van der Waals surface area contributed by atoms with Crippen LogP contribution >= 0.6 is 23.2 Å². The second-order valence-corrected chi connectivity index (χ2v) is 7.56. The van der Waals surface area contributed by atoms with Gasteiger partial charge >= 0.3 is 0 Å². The Bertz CT molecular complexity index is 888. The van der Waals surface area contributed by atoms with Gasteiger partial charge in [0.05, 0.1) is 39.5 Å². The number of benzene rings is 1. The molecule has 2 aromatic rings. The Morgan fingerprint density at radius 3 is 2.59 bits per heavy atom. The summed E-state index contributed by atoms with van der Waals surface area (Å²) in [6.45, 7) is 3.24. The van der Waals surface area contributed by atoms with E-state index < -0.39 is 5.41 Å². The van der Waals surface area contributed by atoms with Crippen LogP contribution in [0.4, 0.5) is 5.82 Å². The van der Waals surface area contributed by atoms with Gasteiger partial charge in [0.15, 0.2) is 5.82 Å². The van der Waals surface area contributed by atoms with Crippen LogP contribution < -0.4 is 10.6 Å². The van der Waals surface area contributed by atoms with E-state index in [1.54, 1.807) is 12.1 Å². The maximum atomic E-state index is 9.87. The van der Waals surface area contributed by atoms with Gasteiger partial charge in [-0.1, -0.05) is 35.3 Å². The Hall–Kier alpha value is -1.91. The molecule has 0 saturated carbocycles.